The molecule has 2 atom stereocenters. The van der Waals surface area contributed by atoms with E-state index in [4.69, 9.17) is 9.47 Å². The van der Waals surface area contributed by atoms with Crippen LogP contribution >= 0.6 is 0 Å². The molecule has 0 bridgehead atoms. The molecule has 88 valence electrons. The number of esters is 1. The first-order valence-electron chi connectivity index (χ1n) is 5.98. The van der Waals surface area contributed by atoms with Crippen molar-refractivity contribution in [1.29, 1.82) is 0 Å². The van der Waals surface area contributed by atoms with Gasteiger partial charge >= 0.3 is 5.97 Å². The molecule has 0 aromatic carbocycles. The van der Waals surface area contributed by atoms with Crippen molar-refractivity contribution in [1.82, 2.24) is 0 Å². The van der Waals surface area contributed by atoms with Gasteiger partial charge < -0.3 is 9.47 Å². The lowest BCUT2D eigenvalue weighted by atomic mass is 9.82. The number of hydrogen-bond donors (Lipinski definition) is 0. The third kappa shape index (κ3) is 4.65. The van der Waals surface area contributed by atoms with Gasteiger partial charge in [-0.2, -0.15) is 0 Å². The van der Waals surface area contributed by atoms with Crippen LogP contribution in [0.2, 0.25) is 0 Å². The molecule has 0 heterocycles. The van der Waals surface area contributed by atoms with Gasteiger partial charge in [0.15, 0.2) is 0 Å². The molecule has 1 aliphatic rings. The van der Waals surface area contributed by atoms with Gasteiger partial charge in [-0.1, -0.05) is 19.8 Å². The predicted octanol–water partition coefficient (Wildman–Crippen LogP) is 2.39. The topological polar surface area (TPSA) is 35.5 Å². The van der Waals surface area contributed by atoms with Crippen LogP contribution in [0.4, 0.5) is 0 Å². The fourth-order valence-corrected chi connectivity index (χ4v) is 2.11. The van der Waals surface area contributed by atoms with Gasteiger partial charge in [0.05, 0.1) is 12.5 Å². The molecule has 0 N–H and O–H groups in total. The smallest absolute Gasteiger partial charge is 0.309 e. The molecule has 1 fully saturated rings. The van der Waals surface area contributed by atoms with E-state index in [0.717, 1.165) is 19.3 Å². The summed E-state index contributed by atoms with van der Waals surface area (Å²) < 4.78 is 10.3. The van der Waals surface area contributed by atoms with Crippen LogP contribution in [-0.4, -0.2) is 25.8 Å². The molecule has 1 saturated carbocycles. The van der Waals surface area contributed by atoms with E-state index in [1.165, 1.54) is 6.42 Å². The molecule has 1 aliphatic carbocycles. The summed E-state index contributed by atoms with van der Waals surface area (Å²) in [6.07, 6.45) is 4.40. The second-order valence-electron chi connectivity index (χ2n) is 4.33. The summed E-state index contributed by atoms with van der Waals surface area (Å²) in [6.45, 7) is 5.74. The second kappa shape index (κ2) is 6.83. The molecule has 1 rings (SSSR count). The average molecular weight is 214 g/mol. The quantitative estimate of drug-likeness (QED) is 0.520. The molecule has 2 unspecified atom stereocenters. The van der Waals surface area contributed by atoms with Gasteiger partial charge in [-0.25, -0.2) is 0 Å². The molecule has 0 aromatic heterocycles. The Bertz CT molecular complexity index is 191. The maximum absolute atomic E-state index is 11.6. The van der Waals surface area contributed by atoms with E-state index in [1.54, 1.807) is 0 Å². The van der Waals surface area contributed by atoms with Crippen molar-refractivity contribution in [2.45, 2.75) is 39.5 Å². The van der Waals surface area contributed by atoms with Crippen LogP contribution in [-0.2, 0) is 14.3 Å². The van der Waals surface area contributed by atoms with E-state index >= 15 is 0 Å². The first-order valence-corrected chi connectivity index (χ1v) is 5.98. The maximum Gasteiger partial charge on any atom is 0.309 e. The summed E-state index contributed by atoms with van der Waals surface area (Å²) in [5, 5.41) is 0. The van der Waals surface area contributed by atoms with E-state index in [-0.39, 0.29) is 11.9 Å². The minimum atomic E-state index is -0.0266. The van der Waals surface area contributed by atoms with Crippen LogP contribution in [0, 0.1) is 11.8 Å². The van der Waals surface area contributed by atoms with Gasteiger partial charge in [0.1, 0.15) is 6.61 Å². The van der Waals surface area contributed by atoms with Crippen LogP contribution in [0.5, 0.6) is 0 Å². The van der Waals surface area contributed by atoms with Gasteiger partial charge in [-0.15, -0.1) is 0 Å². The third-order valence-corrected chi connectivity index (χ3v) is 2.95. The van der Waals surface area contributed by atoms with Crippen molar-refractivity contribution in [3.8, 4) is 0 Å². The largest absolute Gasteiger partial charge is 0.463 e. The SMILES string of the molecule is CCOCCOC(=O)C1CCCC(C)C1. The highest BCUT2D eigenvalue weighted by atomic mass is 16.6. The van der Waals surface area contributed by atoms with Gasteiger partial charge in [0.2, 0.25) is 0 Å². The summed E-state index contributed by atoms with van der Waals surface area (Å²) in [6, 6.07) is 0. The standard InChI is InChI=1S/C12H22O3/c1-3-14-7-8-15-12(13)11-6-4-5-10(2)9-11/h10-11H,3-9H2,1-2H3. The van der Waals surface area contributed by atoms with E-state index in [2.05, 4.69) is 6.92 Å². The Kier molecular flexibility index (Phi) is 5.69. The number of rotatable bonds is 5. The van der Waals surface area contributed by atoms with Crippen LogP contribution in [0.25, 0.3) is 0 Å². The van der Waals surface area contributed by atoms with Crippen LogP contribution in [0.3, 0.4) is 0 Å². The van der Waals surface area contributed by atoms with E-state index in [1.807, 2.05) is 6.92 Å². The zero-order valence-corrected chi connectivity index (χ0v) is 9.83. The van der Waals surface area contributed by atoms with Crippen molar-refractivity contribution in [3.63, 3.8) is 0 Å². The Morgan fingerprint density at radius 3 is 2.80 bits per heavy atom. The minimum Gasteiger partial charge on any atom is -0.463 e. The van der Waals surface area contributed by atoms with Crippen LogP contribution < -0.4 is 0 Å². The first kappa shape index (κ1) is 12.5. The molecule has 0 spiro atoms. The molecule has 15 heavy (non-hydrogen) atoms. The molecular formula is C12H22O3. The Morgan fingerprint density at radius 2 is 2.13 bits per heavy atom. The zero-order valence-electron chi connectivity index (χ0n) is 9.83. The normalized spacial score (nSPS) is 26.3. The summed E-state index contributed by atoms with van der Waals surface area (Å²) in [4.78, 5) is 11.6. The minimum absolute atomic E-state index is 0.0266. The van der Waals surface area contributed by atoms with E-state index < -0.39 is 0 Å². The molecule has 0 aromatic rings. The fraction of sp³-hybridized carbons (Fsp3) is 0.917. The predicted molar refractivity (Wildman–Crippen MR) is 58.6 cm³/mol. The summed E-state index contributed by atoms with van der Waals surface area (Å²) in [5.41, 5.74) is 0. The van der Waals surface area contributed by atoms with Gasteiger partial charge in [0.25, 0.3) is 0 Å². The molecule has 3 nitrogen and oxygen atoms in total. The highest BCUT2D eigenvalue weighted by molar-refractivity contribution is 5.72. The number of hydrogen-bond acceptors (Lipinski definition) is 3. The lowest BCUT2D eigenvalue weighted by molar-refractivity contribution is -0.151. The molecule has 0 amide bonds. The molecule has 0 saturated heterocycles. The molecule has 3 heteroatoms. The van der Waals surface area contributed by atoms with Crippen LogP contribution in [0.15, 0.2) is 0 Å². The van der Waals surface area contributed by atoms with Crippen molar-refractivity contribution in [2.24, 2.45) is 11.8 Å². The molecular weight excluding hydrogens is 192 g/mol. The summed E-state index contributed by atoms with van der Waals surface area (Å²) in [7, 11) is 0. The number of carbonyl (C=O) groups is 1. The Hall–Kier alpha value is -0.570. The third-order valence-electron chi connectivity index (χ3n) is 2.95. The van der Waals surface area contributed by atoms with Crippen molar-refractivity contribution in [2.75, 3.05) is 19.8 Å². The molecule has 0 aliphatic heterocycles. The highest BCUT2D eigenvalue weighted by Crippen LogP contribution is 2.29. The van der Waals surface area contributed by atoms with Crippen molar-refractivity contribution >= 4 is 5.97 Å². The van der Waals surface area contributed by atoms with Gasteiger partial charge in [-0.3, -0.25) is 4.79 Å². The second-order valence-corrected chi connectivity index (χ2v) is 4.33. The van der Waals surface area contributed by atoms with E-state index in [0.29, 0.717) is 25.7 Å². The summed E-state index contributed by atoms with van der Waals surface area (Å²) in [5.74, 6) is 0.778. The lowest BCUT2D eigenvalue weighted by Gasteiger charge is -2.24. The highest BCUT2D eigenvalue weighted by Gasteiger charge is 2.25. The maximum atomic E-state index is 11.6. The zero-order chi connectivity index (χ0) is 11.1. The Labute approximate surface area is 92.1 Å². The number of carbonyl (C=O) groups excluding carboxylic acids is 1. The summed E-state index contributed by atoms with van der Waals surface area (Å²) >= 11 is 0. The average Bonchev–Trinajstić information content (AvgIpc) is 2.24. The van der Waals surface area contributed by atoms with Crippen molar-refractivity contribution in [3.05, 3.63) is 0 Å². The van der Waals surface area contributed by atoms with Gasteiger partial charge in [0, 0.05) is 6.61 Å². The monoisotopic (exact) mass is 214 g/mol. The Morgan fingerprint density at radius 1 is 1.33 bits per heavy atom. The number of ether oxygens (including phenoxy) is 2. The van der Waals surface area contributed by atoms with E-state index in [9.17, 15) is 4.79 Å². The van der Waals surface area contributed by atoms with Crippen molar-refractivity contribution < 1.29 is 14.3 Å². The fourth-order valence-electron chi connectivity index (χ4n) is 2.11. The molecule has 0 radical (unpaired) electrons. The van der Waals surface area contributed by atoms with Gasteiger partial charge in [-0.05, 0) is 25.7 Å². The van der Waals surface area contributed by atoms with Crippen LogP contribution in [0.1, 0.15) is 39.5 Å². The lowest BCUT2D eigenvalue weighted by Crippen LogP contribution is -2.24. The first-order chi connectivity index (χ1) is 7.24. The Balaban J connectivity index is 2.15.